The molecule has 0 radical (unpaired) electrons. The van der Waals surface area contributed by atoms with Crippen molar-refractivity contribution in [3.63, 3.8) is 0 Å². The molecule has 3 aromatic rings. The summed E-state index contributed by atoms with van der Waals surface area (Å²) < 4.78 is 0. The number of carbonyl (C=O) groups is 1. The maximum absolute atomic E-state index is 12.3. The van der Waals surface area contributed by atoms with Gasteiger partial charge in [-0.05, 0) is 30.4 Å². The lowest BCUT2D eigenvalue weighted by atomic mass is 10.1. The maximum atomic E-state index is 12.3. The summed E-state index contributed by atoms with van der Waals surface area (Å²) in [5, 5.41) is 7.72. The maximum Gasteiger partial charge on any atom is 0.240 e. The largest absolute Gasteiger partial charge is 0.301 e. The zero-order valence-electron chi connectivity index (χ0n) is 14.0. The van der Waals surface area contributed by atoms with E-state index in [0.29, 0.717) is 11.7 Å². The summed E-state index contributed by atoms with van der Waals surface area (Å²) >= 11 is 3.28. The molecule has 1 aromatic carbocycles. The van der Waals surface area contributed by atoms with Crippen LogP contribution in [0.5, 0.6) is 0 Å². The highest BCUT2D eigenvalue weighted by Gasteiger charge is 2.19. The van der Waals surface area contributed by atoms with Gasteiger partial charge in [0.25, 0.3) is 0 Å². The molecule has 0 fully saturated rings. The third-order valence-electron chi connectivity index (χ3n) is 4.35. The van der Waals surface area contributed by atoms with Gasteiger partial charge < -0.3 is 5.32 Å². The van der Waals surface area contributed by atoms with Crippen molar-refractivity contribution in [3.8, 4) is 11.3 Å². The predicted molar refractivity (Wildman–Crippen MR) is 104 cm³/mol. The van der Waals surface area contributed by atoms with Crippen molar-refractivity contribution in [1.82, 2.24) is 9.88 Å². The standard InChI is InChI=1S/C19H19N3OS2/c1-13-2-4-14(5-3-13)16-12-25-19(20-16)21-18(23)11-22-8-6-17-15(10-22)7-9-24-17/h2-5,7,9,12H,6,8,10-11H2,1H3,(H,20,21,23). The Kier molecular flexibility index (Phi) is 4.65. The fourth-order valence-electron chi connectivity index (χ4n) is 2.99. The lowest BCUT2D eigenvalue weighted by Gasteiger charge is -2.25. The van der Waals surface area contributed by atoms with Crippen molar-refractivity contribution in [2.24, 2.45) is 0 Å². The van der Waals surface area contributed by atoms with Crippen molar-refractivity contribution < 1.29 is 4.79 Å². The Morgan fingerprint density at radius 3 is 2.92 bits per heavy atom. The number of thiophene rings is 1. The van der Waals surface area contributed by atoms with E-state index in [-0.39, 0.29) is 5.91 Å². The van der Waals surface area contributed by atoms with Gasteiger partial charge in [-0.3, -0.25) is 9.69 Å². The van der Waals surface area contributed by atoms with Gasteiger partial charge >= 0.3 is 0 Å². The van der Waals surface area contributed by atoms with Gasteiger partial charge in [0, 0.05) is 28.9 Å². The zero-order chi connectivity index (χ0) is 17.2. The van der Waals surface area contributed by atoms with Crippen LogP contribution in [0.2, 0.25) is 0 Å². The van der Waals surface area contributed by atoms with E-state index in [4.69, 9.17) is 0 Å². The van der Waals surface area contributed by atoms with Gasteiger partial charge in [0.15, 0.2) is 5.13 Å². The number of benzene rings is 1. The van der Waals surface area contributed by atoms with Gasteiger partial charge in [-0.2, -0.15) is 0 Å². The smallest absolute Gasteiger partial charge is 0.240 e. The Morgan fingerprint density at radius 2 is 2.08 bits per heavy atom. The van der Waals surface area contributed by atoms with Gasteiger partial charge in [-0.25, -0.2) is 4.98 Å². The minimum atomic E-state index is 0.00323. The molecule has 0 aliphatic carbocycles. The Morgan fingerprint density at radius 1 is 1.24 bits per heavy atom. The third-order valence-corrected chi connectivity index (χ3v) is 6.13. The van der Waals surface area contributed by atoms with Gasteiger partial charge in [0.2, 0.25) is 5.91 Å². The molecule has 0 saturated carbocycles. The topological polar surface area (TPSA) is 45.2 Å². The van der Waals surface area contributed by atoms with E-state index in [0.717, 1.165) is 30.8 Å². The molecule has 0 spiro atoms. The van der Waals surface area contributed by atoms with E-state index in [1.165, 1.54) is 27.3 Å². The molecule has 3 heterocycles. The van der Waals surface area contributed by atoms with Crippen molar-refractivity contribution in [1.29, 1.82) is 0 Å². The lowest BCUT2D eigenvalue weighted by Crippen LogP contribution is -2.36. The second-order valence-corrected chi connectivity index (χ2v) is 8.14. The number of amides is 1. The molecule has 0 saturated heterocycles. The second kappa shape index (κ2) is 7.07. The molecule has 1 N–H and O–H groups in total. The highest BCUT2D eigenvalue weighted by atomic mass is 32.1. The van der Waals surface area contributed by atoms with Crippen LogP contribution in [0.4, 0.5) is 5.13 Å². The minimum absolute atomic E-state index is 0.00323. The Hall–Kier alpha value is -2.02. The summed E-state index contributed by atoms with van der Waals surface area (Å²) in [7, 11) is 0. The van der Waals surface area contributed by atoms with Gasteiger partial charge in [0.05, 0.1) is 12.2 Å². The summed E-state index contributed by atoms with van der Waals surface area (Å²) in [6.07, 6.45) is 1.04. The van der Waals surface area contributed by atoms with Crippen molar-refractivity contribution in [3.05, 3.63) is 57.1 Å². The number of nitrogens with zero attached hydrogens (tertiary/aromatic N) is 2. The molecule has 2 aromatic heterocycles. The van der Waals surface area contributed by atoms with E-state index in [2.05, 4.69) is 57.8 Å². The first-order valence-corrected chi connectivity index (χ1v) is 10.0. The van der Waals surface area contributed by atoms with Gasteiger partial charge in [-0.15, -0.1) is 22.7 Å². The molecule has 1 aliphatic rings. The molecular weight excluding hydrogens is 350 g/mol. The second-order valence-electron chi connectivity index (χ2n) is 6.28. The van der Waals surface area contributed by atoms with E-state index in [9.17, 15) is 4.79 Å². The first kappa shape index (κ1) is 16.4. The minimum Gasteiger partial charge on any atom is -0.301 e. The highest BCUT2D eigenvalue weighted by molar-refractivity contribution is 7.14. The number of aryl methyl sites for hydroxylation is 1. The predicted octanol–water partition coefficient (Wildman–Crippen LogP) is 4.18. The molecular formula is C19H19N3OS2. The van der Waals surface area contributed by atoms with Crippen LogP contribution < -0.4 is 5.32 Å². The first-order chi connectivity index (χ1) is 12.2. The normalized spacial score (nSPS) is 14.3. The molecule has 25 heavy (non-hydrogen) atoms. The van der Waals surface area contributed by atoms with Crippen LogP contribution >= 0.6 is 22.7 Å². The molecule has 0 bridgehead atoms. The fraction of sp³-hybridized carbons (Fsp3) is 0.263. The summed E-state index contributed by atoms with van der Waals surface area (Å²) in [6, 6.07) is 10.4. The SMILES string of the molecule is Cc1ccc(-c2csc(NC(=O)CN3CCc4sccc4C3)n2)cc1. The number of fused-ring (bicyclic) bond motifs is 1. The van der Waals surface area contributed by atoms with E-state index in [1.807, 2.05) is 16.7 Å². The summed E-state index contributed by atoms with van der Waals surface area (Å²) in [5.74, 6) is 0.00323. The van der Waals surface area contributed by atoms with Gasteiger partial charge in [-0.1, -0.05) is 29.8 Å². The fourth-order valence-corrected chi connectivity index (χ4v) is 4.62. The number of thiazole rings is 1. The molecule has 4 nitrogen and oxygen atoms in total. The highest BCUT2D eigenvalue weighted by Crippen LogP contribution is 2.26. The van der Waals surface area contributed by atoms with Crippen molar-refractivity contribution in [2.45, 2.75) is 19.9 Å². The molecule has 1 aliphatic heterocycles. The van der Waals surface area contributed by atoms with Crippen LogP contribution in [0, 0.1) is 6.92 Å². The number of hydrogen-bond donors (Lipinski definition) is 1. The van der Waals surface area contributed by atoms with E-state index in [1.54, 1.807) is 0 Å². The lowest BCUT2D eigenvalue weighted by molar-refractivity contribution is -0.117. The molecule has 6 heteroatoms. The third kappa shape index (κ3) is 3.81. The summed E-state index contributed by atoms with van der Waals surface area (Å²) in [4.78, 5) is 20.5. The molecule has 1 amide bonds. The monoisotopic (exact) mass is 369 g/mol. The van der Waals surface area contributed by atoms with Crippen LogP contribution in [0.1, 0.15) is 16.0 Å². The molecule has 0 unspecified atom stereocenters. The Balaban J connectivity index is 1.36. The quantitative estimate of drug-likeness (QED) is 0.750. The van der Waals surface area contributed by atoms with Gasteiger partial charge in [0.1, 0.15) is 0 Å². The number of carbonyl (C=O) groups excluding carboxylic acids is 1. The van der Waals surface area contributed by atoms with Crippen LogP contribution in [0.3, 0.4) is 0 Å². The number of nitrogens with one attached hydrogen (secondary N) is 1. The summed E-state index contributed by atoms with van der Waals surface area (Å²) in [6.45, 7) is 4.27. The first-order valence-electron chi connectivity index (χ1n) is 8.27. The molecule has 0 atom stereocenters. The number of aromatic nitrogens is 1. The molecule has 128 valence electrons. The van der Waals surface area contributed by atoms with Crippen LogP contribution in [-0.4, -0.2) is 28.9 Å². The van der Waals surface area contributed by atoms with Crippen LogP contribution in [0.25, 0.3) is 11.3 Å². The average Bonchev–Trinajstić information content (AvgIpc) is 3.24. The van der Waals surface area contributed by atoms with E-state index >= 15 is 0 Å². The zero-order valence-corrected chi connectivity index (χ0v) is 15.6. The number of hydrogen-bond acceptors (Lipinski definition) is 5. The number of rotatable bonds is 4. The van der Waals surface area contributed by atoms with Crippen molar-refractivity contribution in [2.75, 3.05) is 18.4 Å². The number of anilines is 1. The Bertz CT molecular complexity index is 882. The van der Waals surface area contributed by atoms with E-state index < -0.39 is 0 Å². The van der Waals surface area contributed by atoms with Crippen molar-refractivity contribution >= 4 is 33.7 Å². The Labute approximate surface area is 155 Å². The average molecular weight is 370 g/mol. The summed E-state index contributed by atoms with van der Waals surface area (Å²) in [5.41, 5.74) is 4.56. The van der Waals surface area contributed by atoms with Crippen LogP contribution in [0.15, 0.2) is 41.1 Å². The molecule has 4 rings (SSSR count). The van der Waals surface area contributed by atoms with Crippen LogP contribution in [-0.2, 0) is 17.8 Å².